The Morgan fingerprint density at radius 3 is 2.55 bits per heavy atom. The standard InChI is InChI=1S/C24H27ClN4O2/c1-17-11-14-28(15-12-17)23(30)16-29-21-5-3-2-4-20(21)27-22(29)10-13-26-24(31)18-6-8-19(25)9-7-18/h2-9,17H,10-16H2,1H3,(H,26,31). The molecule has 1 aromatic heterocycles. The third-order valence-corrected chi connectivity index (χ3v) is 6.16. The Bertz CT molecular complexity index is 1070. The van der Waals surface area contributed by atoms with Gasteiger partial charge < -0.3 is 14.8 Å². The Kier molecular flexibility index (Phi) is 6.56. The zero-order valence-corrected chi connectivity index (χ0v) is 18.4. The van der Waals surface area contributed by atoms with Crippen LogP contribution in [-0.2, 0) is 17.8 Å². The summed E-state index contributed by atoms with van der Waals surface area (Å²) >= 11 is 5.89. The predicted molar refractivity (Wildman–Crippen MR) is 122 cm³/mol. The van der Waals surface area contributed by atoms with E-state index in [9.17, 15) is 9.59 Å². The maximum atomic E-state index is 13.0. The first kappa shape index (κ1) is 21.4. The number of piperidine rings is 1. The molecule has 0 radical (unpaired) electrons. The monoisotopic (exact) mass is 438 g/mol. The van der Waals surface area contributed by atoms with Crippen LogP contribution in [0.3, 0.4) is 0 Å². The number of halogens is 1. The normalized spacial score (nSPS) is 14.7. The quantitative estimate of drug-likeness (QED) is 0.634. The lowest BCUT2D eigenvalue weighted by atomic mass is 9.99. The highest BCUT2D eigenvalue weighted by molar-refractivity contribution is 6.30. The van der Waals surface area contributed by atoms with Gasteiger partial charge in [0.15, 0.2) is 0 Å². The first-order chi connectivity index (χ1) is 15.0. The van der Waals surface area contributed by atoms with Crippen molar-refractivity contribution in [1.82, 2.24) is 19.8 Å². The summed E-state index contributed by atoms with van der Waals surface area (Å²) in [5.74, 6) is 1.45. The molecular weight excluding hydrogens is 412 g/mol. The summed E-state index contributed by atoms with van der Waals surface area (Å²) in [5, 5.41) is 3.52. The lowest BCUT2D eigenvalue weighted by Crippen LogP contribution is -2.40. The molecule has 0 saturated carbocycles. The molecule has 0 spiro atoms. The van der Waals surface area contributed by atoms with Crippen LogP contribution in [0.15, 0.2) is 48.5 Å². The number of hydrogen-bond donors (Lipinski definition) is 1. The second-order valence-electron chi connectivity index (χ2n) is 8.18. The van der Waals surface area contributed by atoms with Crippen LogP contribution in [0.25, 0.3) is 11.0 Å². The molecule has 1 aliphatic heterocycles. The van der Waals surface area contributed by atoms with Gasteiger partial charge in [0.25, 0.3) is 5.91 Å². The molecule has 1 saturated heterocycles. The SMILES string of the molecule is CC1CCN(C(=O)Cn2c(CCNC(=O)c3ccc(Cl)cc3)nc3ccccc32)CC1. The van der Waals surface area contributed by atoms with E-state index in [1.54, 1.807) is 24.3 Å². The average molecular weight is 439 g/mol. The summed E-state index contributed by atoms with van der Waals surface area (Å²) < 4.78 is 1.99. The summed E-state index contributed by atoms with van der Waals surface area (Å²) in [7, 11) is 0. The van der Waals surface area contributed by atoms with Crippen molar-refractivity contribution in [3.63, 3.8) is 0 Å². The molecule has 162 valence electrons. The number of nitrogens with one attached hydrogen (secondary N) is 1. The van der Waals surface area contributed by atoms with Crippen molar-refractivity contribution in [3.8, 4) is 0 Å². The van der Waals surface area contributed by atoms with Crippen LogP contribution in [0.2, 0.25) is 5.02 Å². The Hall–Kier alpha value is -2.86. The number of hydrogen-bond acceptors (Lipinski definition) is 3. The van der Waals surface area contributed by atoms with Gasteiger partial charge in [-0.15, -0.1) is 0 Å². The number of rotatable bonds is 6. The summed E-state index contributed by atoms with van der Waals surface area (Å²) in [4.78, 5) is 32.0. The number of nitrogens with zero attached hydrogens (tertiary/aromatic N) is 3. The molecule has 31 heavy (non-hydrogen) atoms. The number of carbonyl (C=O) groups is 2. The zero-order valence-electron chi connectivity index (χ0n) is 17.7. The Morgan fingerprint density at radius 2 is 1.81 bits per heavy atom. The van der Waals surface area contributed by atoms with Crippen LogP contribution in [0.1, 0.15) is 35.9 Å². The van der Waals surface area contributed by atoms with E-state index in [2.05, 4.69) is 12.2 Å². The fourth-order valence-electron chi connectivity index (χ4n) is 3.98. The molecule has 2 amide bonds. The second-order valence-corrected chi connectivity index (χ2v) is 8.62. The zero-order chi connectivity index (χ0) is 21.8. The fourth-order valence-corrected chi connectivity index (χ4v) is 4.10. The molecule has 1 N–H and O–H groups in total. The van der Waals surface area contributed by atoms with Crippen LogP contribution in [-0.4, -0.2) is 45.9 Å². The van der Waals surface area contributed by atoms with Crippen LogP contribution in [0.4, 0.5) is 0 Å². The van der Waals surface area contributed by atoms with Crippen molar-refractivity contribution >= 4 is 34.4 Å². The summed E-state index contributed by atoms with van der Waals surface area (Å²) in [6.45, 7) is 4.58. The van der Waals surface area contributed by atoms with E-state index in [1.165, 1.54) is 0 Å². The van der Waals surface area contributed by atoms with E-state index >= 15 is 0 Å². The molecule has 0 unspecified atom stereocenters. The lowest BCUT2D eigenvalue weighted by molar-refractivity contribution is -0.133. The molecule has 3 aromatic rings. The minimum absolute atomic E-state index is 0.126. The first-order valence-corrected chi connectivity index (χ1v) is 11.1. The van der Waals surface area contributed by atoms with Gasteiger partial charge >= 0.3 is 0 Å². The van der Waals surface area contributed by atoms with Gasteiger partial charge in [-0.3, -0.25) is 9.59 Å². The number of imidazole rings is 1. The molecule has 2 aromatic carbocycles. The summed E-state index contributed by atoms with van der Waals surface area (Å²) in [5.41, 5.74) is 2.37. The minimum Gasteiger partial charge on any atom is -0.352 e. The Balaban J connectivity index is 1.45. The molecule has 2 heterocycles. The third-order valence-electron chi connectivity index (χ3n) is 5.90. The van der Waals surface area contributed by atoms with Crippen molar-refractivity contribution in [2.24, 2.45) is 5.92 Å². The van der Waals surface area contributed by atoms with Gasteiger partial charge in [0.2, 0.25) is 5.91 Å². The number of likely N-dealkylation sites (tertiary alicyclic amines) is 1. The van der Waals surface area contributed by atoms with Gasteiger partial charge in [-0.2, -0.15) is 0 Å². The second kappa shape index (κ2) is 9.52. The highest BCUT2D eigenvalue weighted by Gasteiger charge is 2.22. The number of aromatic nitrogens is 2. The molecule has 1 fully saturated rings. The van der Waals surface area contributed by atoms with E-state index in [0.717, 1.165) is 42.8 Å². The highest BCUT2D eigenvalue weighted by atomic mass is 35.5. The molecule has 4 rings (SSSR count). The van der Waals surface area contributed by atoms with Crippen LogP contribution in [0.5, 0.6) is 0 Å². The average Bonchev–Trinajstić information content (AvgIpc) is 3.12. The summed E-state index contributed by atoms with van der Waals surface area (Å²) in [6, 6.07) is 14.6. The van der Waals surface area contributed by atoms with Gasteiger partial charge in [0.1, 0.15) is 12.4 Å². The maximum absolute atomic E-state index is 13.0. The fraction of sp³-hybridized carbons (Fsp3) is 0.375. The largest absolute Gasteiger partial charge is 0.352 e. The molecule has 0 atom stereocenters. The van der Waals surface area contributed by atoms with Gasteiger partial charge in [0.05, 0.1) is 11.0 Å². The predicted octanol–water partition coefficient (Wildman–Crippen LogP) is 3.92. The van der Waals surface area contributed by atoms with Crippen LogP contribution < -0.4 is 5.32 Å². The highest BCUT2D eigenvalue weighted by Crippen LogP contribution is 2.19. The van der Waals surface area contributed by atoms with Gasteiger partial charge in [0, 0.05) is 36.6 Å². The van der Waals surface area contributed by atoms with Crippen molar-refractivity contribution in [1.29, 1.82) is 0 Å². The van der Waals surface area contributed by atoms with Crippen molar-refractivity contribution in [2.75, 3.05) is 19.6 Å². The molecular formula is C24H27ClN4O2. The van der Waals surface area contributed by atoms with Gasteiger partial charge in [-0.1, -0.05) is 30.7 Å². The van der Waals surface area contributed by atoms with Crippen molar-refractivity contribution in [2.45, 2.75) is 32.7 Å². The van der Waals surface area contributed by atoms with Gasteiger partial charge in [-0.25, -0.2) is 4.98 Å². The molecule has 0 bridgehead atoms. The van der Waals surface area contributed by atoms with E-state index in [0.29, 0.717) is 29.5 Å². The van der Waals surface area contributed by atoms with E-state index < -0.39 is 0 Å². The van der Waals surface area contributed by atoms with Crippen LogP contribution >= 0.6 is 11.6 Å². The number of fused-ring (bicyclic) bond motifs is 1. The molecule has 1 aliphatic rings. The smallest absolute Gasteiger partial charge is 0.251 e. The van der Waals surface area contributed by atoms with E-state index in [4.69, 9.17) is 16.6 Å². The third kappa shape index (κ3) is 5.07. The first-order valence-electron chi connectivity index (χ1n) is 10.8. The van der Waals surface area contributed by atoms with Crippen molar-refractivity contribution < 1.29 is 9.59 Å². The number of para-hydroxylation sites is 2. The molecule has 6 nitrogen and oxygen atoms in total. The van der Waals surface area contributed by atoms with E-state index in [-0.39, 0.29) is 18.4 Å². The lowest BCUT2D eigenvalue weighted by Gasteiger charge is -2.30. The number of amides is 2. The van der Waals surface area contributed by atoms with Crippen LogP contribution in [0, 0.1) is 5.92 Å². The molecule has 7 heteroatoms. The number of carbonyl (C=O) groups excluding carboxylic acids is 2. The summed E-state index contributed by atoms with van der Waals surface area (Å²) in [6.07, 6.45) is 2.65. The van der Waals surface area contributed by atoms with Gasteiger partial charge in [-0.05, 0) is 55.2 Å². The molecule has 0 aliphatic carbocycles. The van der Waals surface area contributed by atoms with Crippen molar-refractivity contribution in [3.05, 3.63) is 64.9 Å². The minimum atomic E-state index is -0.155. The maximum Gasteiger partial charge on any atom is 0.251 e. The van der Waals surface area contributed by atoms with E-state index in [1.807, 2.05) is 33.7 Å². The topological polar surface area (TPSA) is 67.2 Å². The Labute approximate surface area is 187 Å². The number of benzene rings is 2. The Morgan fingerprint density at radius 1 is 1.10 bits per heavy atom.